The summed E-state index contributed by atoms with van der Waals surface area (Å²) in [6, 6.07) is 7.74. The smallest absolute Gasteiger partial charge is 0.240 e. The molecule has 1 N–H and O–H groups in total. The second kappa shape index (κ2) is 6.68. The van der Waals surface area contributed by atoms with Gasteiger partial charge in [-0.1, -0.05) is 12.1 Å². The number of aryl methyl sites for hydroxylation is 1. The second-order valence-corrected chi connectivity index (χ2v) is 6.19. The van der Waals surface area contributed by atoms with E-state index in [4.69, 9.17) is 4.74 Å². The average Bonchev–Trinajstić information content (AvgIpc) is 3.34. The van der Waals surface area contributed by atoms with Gasteiger partial charge in [0, 0.05) is 25.5 Å². The number of para-hydroxylation sites is 2. The van der Waals surface area contributed by atoms with Gasteiger partial charge < -0.3 is 19.2 Å². The van der Waals surface area contributed by atoms with Crippen LogP contribution in [0.2, 0.25) is 0 Å². The first kappa shape index (κ1) is 15.8. The molecule has 1 aliphatic rings. The highest BCUT2D eigenvalue weighted by Gasteiger charge is 2.33. The minimum Gasteiger partial charge on any atom is -0.368 e. The number of ether oxygens (including phenoxy) is 1. The van der Waals surface area contributed by atoms with Gasteiger partial charge in [-0.3, -0.25) is 4.79 Å². The van der Waals surface area contributed by atoms with Gasteiger partial charge in [0.15, 0.2) is 0 Å². The van der Waals surface area contributed by atoms with Gasteiger partial charge >= 0.3 is 0 Å². The molecule has 0 aliphatic carbocycles. The van der Waals surface area contributed by atoms with Crippen molar-refractivity contribution >= 4 is 16.9 Å². The van der Waals surface area contributed by atoms with Crippen molar-refractivity contribution in [1.82, 2.24) is 24.4 Å². The van der Waals surface area contributed by atoms with Gasteiger partial charge in [0.1, 0.15) is 18.5 Å². The molecule has 1 fully saturated rings. The molecule has 7 heteroatoms. The van der Waals surface area contributed by atoms with E-state index in [1.54, 1.807) is 12.5 Å². The zero-order chi connectivity index (χ0) is 17.2. The molecule has 130 valence electrons. The van der Waals surface area contributed by atoms with Crippen molar-refractivity contribution in [2.75, 3.05) is 6.61 Å². The third-order valence-corrected chi connectivity index (χ3v) is 4.62. The molecular weight excluding hydrogens is 318 g/mol. The van der Waals surface area contributed by atoms with Crippen LogP contribution in [0.15, 0.2) is 43.0 Å². The largest absolute Gasteiger partial charge is 0.368 e. The van der Waals surface area contributed by atoms with Crippen molar-refractivity contribution in [2.45, 2.75) is 38.6 Å². The maximum absolute atomic E-state index is 12.5. The number of nitrogens with one attached hydrogen (secondary N) is 1. The molecule has 0 radical (unpaired) electrons. The fourth-order valence-corrected chi connectivity index (χ4v) is 3.38. The molecule has 7 nitrogen and oxygen atoms in total. The first-order valence-corrected chi connectivity index (χ1v) is 8.58. The Labute approximate surface area is 145 Å². The first-order chi connectivity index (χ1) is 12.3. The Kier molecular flexibility index (Phi) is 4.23. The van der Waals surface area contributed by atoms with Crippen LogP contribution in [-0.2, 0) is 22.6 Å². The van der Waals surface area contributed by atoms with Crippen LogP contribution in [0.4, 0.5) is 0 Å². The molecule has 2 atom stereocenters. The molecule has 3 aromatic rings. The van der Waals surface area contributed by atoms with Gasteiger partial charge in [-0.15, -0.1) is 0 Å². The van der Waals surface area contributed by atoms with Crippen LogP contribution in [0.1, 0.15) is 25.3 Å². The number of nitrogens with zero attached hydrogens (tertiary/aromatic N) is 4. The fraction of sp³-hybridized carbons (Fsp3) is 0.389. The number of carbonyl (C=O) groups excluding carboxylic acids is 1. The highest BCUT2D eigenvalue weighted by molar-refractivity contribution is 5.80. The molecule has 1 aliphatic heterocycles. The predicted octanol–water partition coefficient (Wildman–Crippen LogP) is 1.90. The molecule has 1 amide bonds. The number of aromatic nitrogens is 4. The normalized spacial score (nSPS) is 20.2. The van der Waals surface area contributed by atoms with E-state index in [0.29, 0.717) is 6.61 Å². The van der Waals surface area contributed by atoms with Crippen molar-refractivity contribution in [3.05, 3.63) is 48.8 Å². The van der Waals surface area contributed by atoms with Crippen LogP contribution in [0.3, 0.4) is 0 Å². The van der Waals surface area contributed by atoms with E-state index in [-0.39, 0.29) is 24.6 Å². The lowest BCUT2D eigenvalue weighted by Crippen LogP contribution is -2.39. The summed E-state index contributed by atoms with van der Waals surface area (Å²) in [4.78, 5) is 21.3. The van der Waals surface area contributed by atoms with E-state index in [1.807, 2.05) is 35.0 Å². The highest BCUT2D eigenvalue weighted by Crippen LogP contribution is 2.28. The molecular formula is C18H21N5O2. The van der Waals surface area contributed by atoms with Crippen LogP contribution >= 0.6 is 0 Å². The lowest BCUT2D eigenvalue weighted by Gasteiger charge is -2.20. The Balaban J connectivity index is 1.46. The topological polar surface area (TPSA) is 74.0 Å². The maximum atomic E-state index is 12.5. The summed E-state index contributed by atoms with van der Waals surface area (Å²) in [6.07, 6.45) is 6.01. The number of amides is 1. The van der Waals surface area contributed by atoms with Crippen molar-refractivity contribution in [3.8, 4) is 0 Å². The van der Waals surface area contributed by atoms with Crippen molar-refractivity contribution in [2.24, 2.45) is 0 Å². The van der Waals surface area contributed by atoms with Crippen LogP contribution < -0.4 is 5.32 Å². The first-order valence-electron chi connectivity index (χ1n) is 8.58. The van der Waals surface area contributed by atoms with E-state index in [2.05, 4.69) is 26.8 Å². The second-order valence-electron chi connectivity index (χ2n) is 6.19. The Hall–Kier alpha value is -2.67. The number of imidazole rings is 2. The van der Waals surface area contributed by atoms with Gasteiger partial charge in [0.25, 0.3) is 0 Å². The van der Waals surface area contributed by atoms with Gasteiger partial charge in [0.2, 0.25) is 5.91 Å². The third-order valence-electron chi connectivity index (χ3n) is 4.62. The molecule has 2 aromatic heterocycles. The van der Waals surface area contributed by atoms with Crippen molar-refractivity contribution < 1.29 is 9.53 Å². The fourth-order valence-electron chi connectivity index (χ4n) is 3.38. The third kappa shape index (κ3) is 3.02. The van der Waals surface area contributed by atoms with E-state index < -0.39 is 0 Å². The molecule has 0 saturated carbocycles. The molecule has 0 spiro atoms. The number of rotatable bonds is 5. The van der Waals surface area contributed by atoms with Gasteiger partial charge in [-0.2, -0.15) is 0 Å². The SMILES string of the molecule is CCn1ccnc1[C@H]1OCC[C@@H]1NC(=O)Cn1cnc2ccccc21. The number of hydrogen-bond acceptors (Lipinski definition) is 4. The van der Waals surface area contributed by atoms with Gasteiger partial charge in [-0.05, 0) is 25.5 Å². The Morgan fingerprint density at radius 3 is 3.08 bits per heavy atom. The molecule has 3 heterocycles. The summed E-state index contributed by atoms with van der Waals surface area (Å²) in [6.45, 7) is 3.76. The lowest BCUT2D eigenvalue weighted by molar-refractivity contribution is -0.122. The lowest BCUT2D eigenvalue weighted by atomic mass is 10.1. The molecule has 25 heavy (non-hydrogen) atoms. The van der Waals surface area contributed by atoms with Crippen LogP contribution in [0.25, 0.3) is 11.0 Å². The Morgan fingerprint density at radius 1 is 1.32 bits per heavy atom. The zero-order valence-corrected chi connectivity index (χ0v) is 14.1. The van der Waals surface area contributed by atoms with E-state index >= 15 is 0 Å². The van der Waals surface area contributed by atoms with E-state index in [1.165, 1.54) is 0 Å². The molecule has 1 saturated heterocycles. The predicted molar refractivity (Wildman–Crippen MR) is 92.9 cm³/mol. The standard InChI is InChI=1S/C18H21N5O2/c1-2-22-9-8-19-18(22)17-14(7-10-25-17)21-16(24)11-23-12-20-13-5-3-4-6-15(13)23/h3-6,8-9,12,14,17H,2,7,10-11H2,1H3,(H,21,24)/t14-,17-/m0/s1. The van der Waals surface area contributed by atoms with Crippen LogP contribution in [0, 0.1) is 0 Å². The number of benzene rings is 1. The maximum Gasteiger partial charge on any atom is 0.240 e. The Bertz CT molecular complexity index is 884. The summed E-state index contributed by atoms with van der Waals surface area (Å²) in [5.74, 6) is 0.830. The summed E-state index contributed by atoms with van der Waals surface area (Å²) in [5.41, 5.74) is 1.85. The van der Waals surface area contributed by atoms with Crippen molar-refractivity contribution in [3.63, 3.8) is 0 Å². The summed E-state index contributed by atoms with van der Waals surface area (Å²) in [5, 5.41) is 3.11. The minimum absolute atomic E-state index is 0.0433. The Morgan fingerprint density at radius 2 is 2.20 bits per heavy atom. The summed E-state index contributed by atoms with van der Waals surface area (Å²) < 4.78 is 9.76. The summed E-state index contributed by atoms with van der Waals surface area (Å²) >= 11 is 0. The summed E-state index contributed by atoms with van der Waals surface area (Å²) in [7, 11) is 0. The number of carbonyl (C=O) groups is 1. The minimum atomic E-state index is -0.196. The quantitative estimate of drug-likeness (QED) is 0.770. The average molecular weight is 339 g/mol. The zero-order valence-electron chi connectivity index (χ0n) is 14.1. The van der Waals surface area contributed by atoms with Crippen LogP contribution in [-0.4, -0.2) is 37.7 Å². The van der Waals surface area contributed by atoms with Crippen LogP contribution in [0.5, 0.6) is 0 Å². The monoisotopic (exact) mass is 339 g/mol. The van der Waals surface area contributed by atoms with E-state index in [9.17, 15) is 4.79 Å². The molecule has 0 unspecified atom stereocenters. The molecule has 4 rings (SSSR count). The molecule has 0 bridgehead atoms. The van der Waals surface area contributed by atoms with E-state index in [0.717, 1.165) is 29.8 Å². The molecule has 1 aromatic carbocycles. The number of fused-ring (bicyclic) bond motifs is 1. The van der Waals surface area contributed by atoms with Crippen molar-refractivity contribution in [1.29, 1.82) is 0 Å². The highest BCUT2D eigenvalue weighted by atomic mass is 16.5. The van der Waals surface area contributed by atoms with Gasteiger partial charge in [0.05, 0.1) is 23.4 Å². The number of hydrogen-bond donors (Lipinski definition) is 1. The van der Waals surface area contributed by atoms with Gasteiger partial charge in [-0.25, -0.2) is 9.97 Å².